The van der Waals surface area contributed by atoms with Crippen molar-refractivity contribution in [1.29, 1.82) is 0 Å². The number of carbonyl (C=O) groups is 1. The van der Waals surface area contributed by atoms with Gasteiger partial charge in [0.25, 0.3) is 0 Å². The summed E-state index contributed by atoms with van der Waals surface area (Å²) in [7, 11) is -3.43. The van der Waals surface area contributed by atoms with Gasteiger partial charge in [0.05, 0.1) is 5.25 Å². The van der Waals surface area contributed by atoms with Gasteiger partial charge in [-0.2, -0.15) is 0 Å². The van der Waals surface area contributed by atoms with Crippen molar-refractivity contribution < 1.29 is 22.3 Å². The van der Waals surface area contributed by atoms with Crippen LogP contribution in [0.15, 0.2) is 58.2 Å². The predicted molar refractivity (Wildman–Crippen MR) is 145 cm³/mol. The average molecular weight is 579 g/mol. The van der Waals surface area contributed by atoms with E-state index in [-0.39, 0.29) is 10.3 Å². The number of nitrogens with one attached hydrogen (secondary N) is 1. The molecule has 1 saturated heterocycles. The molecule has 2 aromatic rings. The summed E-state index contributed by atoms with van der Waals surface area (Å²) < 4.78 is 47.7. The molecule has 1 N–H and O–H groups in total. The fraction of sp³-hybridized carbons (Fsp3) is 0.423. The van der Waals surface area contributed by atoms with Gasteiger partial charge in [0.1, 0.15) is 17.5 Å². The van der Waals surface area contributed by atoms with Crippen LogP contribution in [0, 0.1) is 5.82 Å². The lowest BCUT2D eigenvalue weighted by Crippen LogP contribution is -2.40. The van der Waals surface area contributed by atoms with Gasteiger partial charge in [0.2, 0.25) is 10.0 Å². The van der Waals surface area contributed by atoms with E-state index in [2.05, 4.69) is 9.71 Å². The molecule has 8 nitrogen and oxygen atoms in total. The van der Waals surface area contributed by atoms with Crippen LogP contribution >= 0.6 is 22.9 Å². The third-order valence-electron chi connectivity index (χ3n) is 6.28. The molecule has 1 aliphatic carbocycles. The van der Waals surface area contributed by atoms with Crippen LogP contribution in [0.25, 0.3) is 0 Å². The summed E-state index contributed by atoms with van der Waals surface area (Å²) in [5, 5.41) is 2.34. The van der Waals surface area contributed by atoms with Crippen LogP contribution in [0.2, 0.25) is 5.02 Å². The van der Waals surface area contributed by atoms with Crippen LogP contribution < -0.4 is 4.72 Å². The zero-order valence-electron chi connectivity index (χ0n) is 21.1. The van der Waals surface area contributed by atoms with Crippen molar-refractivity contribution in [2.24, 2.45) is 4.99 Å². The molecule has 1 aromatic carbocycles. The van der Waals surface area contributed by atoms with Gasteiger partial charge < -0.3 is 9.64 Å². The molecule has 202 valence electrons. The lowest BCUT2D eigenvalue weighted by Gasteiger charge is -2.32. The Morgan fingerprint density at radius 3 is 2.71 bits per heavy atom. The molecule has 1 saturated carbocycles. The molecule has 0 amide bonds. The van der Waals surface area contributed by atoms with E-state index in [0.29, 0.717) is 47.8 Å². The molecular formula is C26H28ClFN4O4S2. The second-order valence-electron chi connectivity index (χ2n) is 10.5. The van der Waals surface area contributed by atoms with E-state index < -0.39 is 39.5 Å². The summed E-state index contributed by atoms with van der Waals surface area (Å²) in [4.78, 5) is 23.9. The molecule has 0 radical (unpaired) electrons. The van der Waals surface area contributed by atoms with Crippen molar-refractivity contribution in [2.45, 2.75) is 63.0 Å². The number of aliphatic imine (C=N–C) groups is 1. The molecule has 1 aromatic heterocycles. The first kappa shape index (κ1) is 27.0. The van der Waals surface area contributed by atoms with Gasteiger partial charge in [-0.3, -0.25) is 4.99 Å². The Hall–Kier alpha value is -2.60. The van der Waals surface area contributed by atoms with Crippen molar-refractivity contribution >= 4 is 44.8 Å². The van der Waals surface area contributed by atoms with Gasteiger partial charge in [-0.25, -0.2) is 27.3 Å². The largest absolute Gasteiger partial charge is 0.457 e. The van der Waals surface area contributed by atoms with Crippen LogP contribution in [0.1, 0.15) is 56.6 Å². The van der Waals surface area contributed by atoms with Gasteiger partial charge in [0, 0.05) is 53.0 Å². The van der Waals surface area contributed by atoms with Crippen LogP contribution in [0.4, 0.5) is 4.39 Å². The number of thiazole rings is 1. The maximum absolute atomic E-state index is 13.9. The molecule has 38 heavy (non-hydrogen) atoms. The molecule has 2 fully saturated rings. The van der Waals surface area contributed by atoms with Crippen molar-refractivity contribution in [3.63, 3.8) is 0 Å². The van der Waals surface area contributed by atoms with E-state index in [1.165, 1.54) is 29.5 Å². The molecule has 12 heteroatoms. The summed E-state index contributed by atoms with van der Waals surface area (Å²) in [5.41, 5.74) is 1.32. The van der Waals surface area contributed by atoms with Gasteiger partial charge >= 0.3 is 5.97 Å². The van der Waals surface area contributed by atoms with Gasteiger partial charge in [-0.1, -0.05) is 17.7 Å². The molecule has 0 spiro atoms. The monoisotopic (exact) mass is 578 g/mol. The Kier molecular flexibility index (Phi) is 7.23. The zero-order valence-corrected chi connectivity index (χ0v) is 23.5. The fourth-order valence-corrected chi connectivity index (χ4v) is 7.06. The lowest BCUT2D eigenvalue weighted by molar-refractivity contribution is -0.148. The first-order chi connectivity index (χ1) is 17.9. The molecule has 3 aliphatic rings. The number of benzene rings is 1. The van der Waals surface area contributed by atoms with E-state index >= 15 is 0 Å². The number of aromatic nitrogens is 1. The number of amidine groups is 1. The summed E-state index contributed by atoms with van der Waals surface area (Å²) >= 11 is 7.89. The predicted octanol–water partition coefficient (Wildman–Crippen LogP) is 4.75. The van der Waals surface area contributed by atoms with E-state index in [0.717, 1.165) is 5.70 Å². The number of fused-ring (bicyclic) bond motifs is 1. The minimum Gasteiger partial charge on any atom is -0.457 e. The quantitative estimate of drug-likeness (QED) is 0.376. The molecule has 3 heterocycles. The Morgan fingerprint density at radius 2 is 2.08 bits per heavy atom. The first-order valence-electron chi connectivity index (χ1n) is 12.3. The third-order valence-corrected chi connectivity index (χ3v) is 9.39. The number of ether oxygens (including phenoxy) is 1. The number of hydrogen-bond donors (Lipinski definition) is 1. The van der Waals surface area contributed by atoms with E-state index in [1.54, 1.807) is 39.1 Å². The van der Waals surface area contributed by atoms with E-state index in [1.807, 2.05) is 10.3 Å². The minimum atomic E-state index is -3.43. The Bertz CT molecular complexity index is 1440. The number of hydrogen-bond acceptors (Lipinski definition) is 8. The molecule has 2 aliphatic heterocycles. The number of carbonyl (C=O) groups excluding carboxylic acids is 1. The molecule has 2 atom stereocenters. The van der Waals surface area contributed by atoms with Crippen molar-refractivity contribution in [3.8, 4) is 0 Å². The van der Waals surface area contributed by atoms with Crippen LogP contribution in [0.3, 0.4) is 0 Å². The Labute approximate surface area is 230 Å². The molecular weight excluding hydrogens is 551 g/mol. The third kappa shape index (κ3) is 5.85. The standard InChI is InChI=1S/C26H28ClFN4O4S2/c1-26(2,3)36-22(33)9-8-19-21-13-16(31-38(34,35)17-5-6-17)14-32(21)24(25-29-10-11-37-25)30-23(19)18-7-4-15(28)12-20(18)27/h4,7-12,16-17,23,31H,5-6,13-14H2,1-3H3/b9-8+/t16-,23?/m0/s1. The van der Waals surface area contributed by atoms with Crippen molar-refractivity contribution in [1.82, 2.24) is 14.6 Å². The molecule has 0 bridgehead atoms. The summed E-state index contributed by atoms with van der Waals surface area (Å²) in [6, 6.07) is 3.04. The molecule has 1 unspecified atom stereocenters. The van der Waals surface area contributed by atoms with Crippen LogP contribution in [-0.4, -0.2) is 53.5 Å². The highest BCUT2D eigenvalue weighted by Crippen LogP contribution is 2.43. The zero-order chi connectivity index (χ0) is 27.2. The van der Waals surface area contributed by atoms with Crippen LogP contribution in [0.5, 0.6) is 0 Å². The highest BCUT2D eigenvalue weighted by molar-refractivity contribution is 7.90. The summed E-state index contributed by atoms with van der Waals surface area (Å²) in [6.07, 6.45) is 6.35. The average Bonchev–Trinajstić information content (AvgIpc) is 3.39. The second-order valence-corrected chi connectivity index (χ2v) is 13.8. The van der Waals surface area contributed by atoms with Gasteiger partial charge in [-0.15, -0.1) is 11.3 Å². The first-order valence-corrected chi connectivity index (χ1v) is 15.1. The lowest BCUT2D eigenvalue weighted by atomic mass is 9.94. The van der Waals surface area contributed by atoms with E-state index in [4.69, 9.17) is 21.3 Å². The Balaban J connectivity index is 1.60. The Morgan fingerprint density at radius 1 is 1.32 bits per heavy atom. The van der Waals surface area contributed by atoms with Gasteiger partial charge in [-0.05, 0) is 57.4 Å². The highest BCUT2D eigenvalue weighted by Gasteiger charge is 2.43. The molecule has 5 rings (SSSR count). The number of nitrogens with zero attached hydrogens (tertiary/aromatic N) is 3. The fourth-order valence-electron chi connectivity index (χ4n) is 4.58. The number of esters is 1. The normalized spacial score (nSPS) is 22.1. The highest BCUT2D eigenvalue weighted by atomic mass is 35.5. The van der Waals surface area contributed by atoms with Gasteiger partial charge in [0.15, 0.2) is 10.8 Å². The van der Waals surface area contributed by atoms with Crippen molar-refractivity contribution in [3.05, 3.63) is 74.6 Å². The maximum Gasteiger partial charge on any atom is 0.331 e. The number of sulfonamides is 1. The topological polar surface area (TPSA) is 101 Å². The number of halogens is 2. The maximum atomic E-state index is 13.9. The number of rotatable bonds is 7. The van der Waals surface area contributed by atoms with E-state index in [9.17, 15) is 17.6 Å². The van der Waals surface area contributed by atoms with Crippen molar-refractivity contribution in [2.75, 3.05) is 6.54 Å². The summed E-state index contributed by atoms with van der Waals surface area (Å²) in [5.74, 6) is -0.433. The minimum absolute atomic E-state index is 0.193. The van der Waals surface area contributed by atoms with Crippen LogP contribution in [-0.2, 0) is 19.6 Å². The summed E-state index contributed by atoms with van der Waals surface area (Å²) in [6.45, 7) is 5.69. The SMILES string of the molecule is CC(C)(C)OC(=O)/C=C/C1=C2C[C@H](NS(=O)(=O)C3CC3)CN2C(c2nccs2)=NC1c1ccc(F)cc1Cl. The second kappa shape index (κ2) is 10.2. The smallest absolute Gasteiger partial charge is 0.331 e.